The molecule has 4 rings (SSSR count). The van der Waals surface area contributed by atoms with Gasteiger partial charge in [-0.05, 0) is 61.9 Å². The first-order valence-corrected chi connectivity index (χ1v) is 14.4. The second-order valence-electron chi connectivity index (χ2n) is 9.99. The summed E-state index contributed by atoms with van der Waals surface area (Å²) in [5, 5.41) is 5.25. The zero-order chi connectivity index (χ0) is 29.1. The van der Waals surface area contributed by atoms with E-state index in [1.807, 2.05) is 0 Å². The third kappa shape index (κ3) is 6.75. The number of ether oxygens (including phenoxy) is 1. The Labute approximate surface area is 230 Å². The van der Waals surface area contributed by atoms with Crippen molar-refractivity contribution in [2.45, 2.75) is 54.9 Å². The van der Waals surface area contributed by atoms with E-state index in [9.17, 15) is 36.0 Å². The van der Waals surface area contributed by atoms with Crippen molar-refractivity contribution in [2.24, 2.45) is 5.92 Å². The van der Waals surface area contributed by atoms with Crippen LogP contribution in [0.4, 0.5) is 18.0 Å². The molecule has 2 aromatic rings. The second-order valence-corrected chi connectivity index (χ2v) is 12.0. The van der Waals surface area contributed by atoms with Gasteiger partial charge in [0.25, 0.3) is 5.91 Å². The highest BCUT2D eigenvalue weighted by Gasteiger charge is 2.44. The predicted octanol–water partition coefficient (Wildman–Crippen LogP) is 3.40. The molecule has 0 bridgehead atoms. The fourth-order valence-corrected chi connectivity index (χ4v) is 7.13. The van der Waals surface area contributed by atoms with Gasteiger partial charge in [0, 0.05) is 24.2 Å². The molecule has 0 unspecified atom stereocenters. The lowest BCUT2D eigenvalue weighted by atomic mass is 9.81. The van der Waals surface area contributed by atoms with E-state index in [-0.39, 0.29) is 41.6 Å². The van der Waals surface area contributed by atoms with E-state index in [2.05, 4.69) is 15.4 Å². The van der Waals surface area contributed by atoms with Crippen LogP contribution < -0.4 is 10.6 Å². The molecule has 0 aromatic heterocycles. The van der Waals surface area contributed by atoms with Crippen LogP contribution >= 0.6 is 0 Å². The Morgan fingerprint density at radius 3 is 2.42 bits per heavy atom. The maximum Gasteiger partial charge on any atom is 0.416 e. The van der Waals surface area contributed by atoms with Gasteiger partial charge in [0.15, 0.2) is 9.84 Å². The van der Waals surface area contributed by atoms with Gasteiger partial charge in [0.05, 0.1) is 23.3 Å². The normalized spacial score (nSPS) is 23.5. The van der Waals surface area contributed by atoms with E-state index in [4.69, 9.17) is 0 Å². The number of carbonyl (C=O) groups is 3. The van der Waals surface area contributed by atoms with E-state index in [0.717, 1.165) is 18.2 Å². The van der Waals surface area contributed by atoms with Crippen molar-refractivity contribution in [3.63, 3.8) is 0 Å². The summed E-state index contributed by atoms with van der Waals surface area (Å²) in [6.07, 6.45) is -3.86. The van der Waals surface area contributed by atoms with E-state index >= 15 is 0 Å². The molecule has 2 fully saturated rings. The SMILES string of the molecule is COC(=O)N[C@@H]1CC[C@H](N2CC[C@H](NC(=O)c3cccc(C(F)(F)F)c3)C2=O)[C@H](CS(=O)(=O)c2ccccc2)C1. The second kappa shape index (κ2) is 11.9. The smallest absolute Gasteiger partial charge is 0.416 e. The highest BCUT2D eigenvalue weighted by Crippen LogP contribution is 2.34. The number of amides is 3. The molecule has 1 saturated heterocycles. The van der Waals surface area contributed by atoms with Crippen LogP contribution in [0, 0.1) is 5.92 Å². The van der Waals surface area contributed by atoms with E-state index < -0.39 is 57.5 Å². The first-order valence-electron chi connectivity index (χ1n) is 12.8. The zero-order valence-electron chi connectivity index (χ0n) is 21.7. The summed E-state index contributed by atoms with van der Waals surface area (Å²) in [5.41, 5.74) is -1.19. The zero-order valence-corrected chi connectivity index (χ0v) is 22.5. The molecule has 1 saturated carbocycles. The summed E-state index contributed by atoms with van der Waals surface area (Å²) < 4.78 is 70.4. The van der Waals surface area contributed by atoms with Crippen molar-refractivity contribution in [3.8, 4) is 0 Å². The number of benzene rings is 2. The molecule has 9 nitrogen and oxygen atoms in total. The first-order chi connectivity index (χ1) is 18.9. The molecule has 1 heterocycles. The summed E-state index contributed by atoms with van der Waals surface area (Å²) in [4.78, 5) is 39.6. The number of nitrogens with zero attached hydrogens (tertiary/aromatic N) is 1. The third-order valence-electron chi connectivity index (χ3n) is 7.38. The fraction of sp³-hybridized carbons (Fsp3) is 0.444. The lowest BCUT2D eigenvalue weighted by molar-refractivity contribution is -0.137. The van der Waals surface area contributed by atoms with Crippen LogP contribution in [0.5, 0.6) is 0 Å². The van der Waals surface area contributed by atoms with Crippen LogP contribution in [0.25, 0.3) is 0 Å². The monoisotopic (exact) mass is 581 g/mol. The molecule has 216 valence electrons. The molecule has 2 aromatic carbocycles. The van der Waals surface area contributed by atoms with E-state index in [1.165, 1.54) is 25.3 Å². The van der Waals surface area contributed by atoms with Crippen LogP contribution in [0.3, 0.4) is 0 Å². The van der Waals surface area contributed by atoms with E-state index in [0.29, 0.717) is 12.8 Å². The van der Waals surface area contributed by atoms with Crippen molar-refractivity contribution < 1.29 is 40.7 Å². The average Bonchev–Trinajstić information content (AvgIpc) is 3.28. The largest absolute Gasteiger partial charge is 0.453 e. The molecule has 0 spiro atoms. The maximum absolute atomic E-state index is 13.4. The number of halogens is 3. The Hall–Kier alpha value is -3.61. The van der Waals surface area contributed by atoms with Crippen LogP contribution in [-0.4, -0.2) is 68.8 Å². The van der Waals surface area contributed by atoms with Crippen LogP contribution in [-0.2, 0) is 25.5 Å². The highest BCUT2D eigenvalue weighted by atomic mass is 32.2. The summed E-state index contributed by atoms with van der Waals surface area (Å²) in [7, 11) is -2.49. The quantitative estimate of drug-likeness (QED) is 0.517. The van der Waals surface area contributed by atoms with E-state index in [1.54, 1.807) is 23.1 Å². The number of alkyl carbamates (subject to hydrolysis) is 1. The topological polar surface area (TPSA) is 122 Å². The summed E-state index contributed by atoms with van der Waals surface area (Å²) in [6.45, 7) is 0.244. The molecule has 4 atom stereocenters. The van der Waals surface area contributed by atoms with Crippen molar-refractivity contribution in [3.05, 3.63) is 65.7 Å². The van der Waals surface area contributed by atoms with Crippen LogP contribution in [0.15, 0.2) is 59.5 Å². The Bertz CT molecular complexity index is 1350. The van der Waals surface area contributed by atoms with Gasteiger partial charge in [-0.2, -0.15) is 13.2 Å². The summed E-state index contributed by atoms with van der Waals surface area (Å²) >= 11 is 0. The molecule has 3 amide bonds. The summed E-state index contributed by atoms with van der Waals surface area (Å²) in [5.74, 6) is -2.01. The Kier molecular flexibility index (Phi) is 8.71. The van der Waals surface area contributed by atoms with Crippen LogP contribution in [0.1, 0.15) is 41.6 Å². The van der Waals surface area contributed by atoms with Gasteiger partial charge in [-0.25, -0.2) is 13.2 Å². The molecule has 1 aliphatic heterocycles. The number of methoxy groups -OCH3 is 1. The molecule has 0 radical (unpaired) electrons. The summed E-state index contributed by atoms with van der Waals surface area (Å²) in [6, 6.07) is 10.1. The fourth-order valence-electron chi connectivity index (χ4n) is 5.44. The number of nitrogens with one attached hydrogen (secondary N) is 2. The number of alkyl halides is 3. The number of hydrogen-bond donors (Lipinski definition) is 2. The van der Waals surface area contributed by atoms with Gasteiger partial charge in [-0.15, -0.1) is 0 Å². The number of sulfone groups is 1. The van der Waals surface area contributed by atoms with Crippen molar-refractivity contribution in [1.29, 1.82) is 0 Å². The molecule has 2 aliphatic rings. The number of hydrogen-bond acceptors (Lipinski definition) is 6. The molecular formula is C27H30F3N3O6S. The van der Waals surface area contributed by atoms with Gasteiger partial charge in [0.2, 0.25) is 5.91 Å². The van der Waals surface area contributed by atoms with Gasteiger partial charge in [-0.3, -0.25) is 9.59 Å². The lowest BCUT2D eigenvalue weighted by Gasteiger charge is -2.41. The van der Waals surface area contributed by atoms with Gasteiger partial charge < -0.3 is 20.3 Å². The van der Waals surface area contributed by atoms with Crippen molar-refractivity contribution >= 4 is 27.7 Å². The Morgan fingerprint density at radius 1 is 1.02 bits per heavy atom. The highest BCUT2D eigenvalue weighted by molar-refractivity contribution is 7.91. The third-order valence-corrected chi connectivity index (χ3v) is 9.24. The molecule has 13 heteroatoms. The van der Waals surface area contributed by atoms with Gasteiger partial charge >= 0.3 is 12.3 Å². The standard InChI is InChI=1S/C27H30F3N3O6S/c1-39-26(36)31-20-10-11-23(18(15-20)16-40(37,38)21-8-3-2-4-9-21)33-13-12-22(25(33)35)32-24(34)17-6-5-7-19(14-17)27(28,29)30/h2-9,14,18,20,22-23H,10-13,15-16H2,1H3,(H,31,36)(H,32,34)/t18-,20+,22-,23-/m0/s1. The van der Waals surface area contributed by atoms with Gasteiger partial charge in [-0.1, -0.05) is 24.3 Å². The first kappa shape index (κ1) is 29.4. The average molecular weight is 582 g/mol. The maximum atomic E-state index is 13.4. The number of rotatable bonds is 7. The molecular weight excluding hydrogens is 551 g/mol. The Morgan fingerprint density at radius 2 is 1.75 bits per heavy atom. The van der Waals surface area contributed by atoms with Crippen LogP contribution in [0.2, 0.25) is 0 Å². The Balaban J connectivity index is 1.50. The van der Waals surface area contributed by atoms with Crippen molar-refractivity contribution in [1.82, 2.24) is 15.5 Å². The minimum absolute atomic E-state index is 0.149. The predicted molar refractivity (Wildman–Crippen MR) is 138 cm³/mol. The minimum Gasteiger partial charge on any atom is -0.453 e. The number of carbonyl (C=O) groups excluding carboxylic acids is 3. The number of likely N-dealkylation sites (tertiary alicyclic amines) is 1. The minimum atomic E-state index is -4.62. The molecule has 40 heavy (non-hydrogen) atoms. The lowest BCUT2D eigenvalue weighted by Crippen LogP contribution is -2.52. The molecule has 1 aliphatic carbocycles. The van der Waals surface area contributed by atoms with Crippen molar-refractivity contribution in [2.75, 3.05) is 19.4 Å². The molecule has 2 N–H and O–H groups in total. The van der Waals surface area contributed by atoms with Gasteiger partial charge in [0.1, 0.15) is 6.04 Å².